The van der Waals surface area contributed by atoms with E-state index in [-0.39, 0.29) is 18.3 Å². The average molecular weight is 431 g/mol. The van der Waals surface area contributed by atoms with E-state index >= 15 is 0 Å². The lowest BCUT2D eigenvalue weighted by Gasteiger charge is -2.25. The normalized spacial score (nSPS) is 18.5. The van der Waals surface area contributed by atoms with Gasteiger partial charge in [0.15, 0.2) is 0 Å². The maximum Gasteiger partial charge on any atom is 0.345 e. The number of carboxylic acids is 1. The number of pyridine rings is 2. The summed E-state index contributed by atoms with van der Waals surface area (Å²) in [5.41, 5.74) is 0.814. The number of anilines is 1. The van der Waals surface area contributed by atoms with Crippen molar-refractivity contribution in [2.45, 2.75) is 25.2 Å². The van der Waals surface area contributed by atoms with Gasteiger partial charge < -0.3 is 19.5 Å². The van der Waals surface area contributed by atoms with Crippen molar-refractivity contribution in [3.05, 3.63) is 60.7 Å². The van der Waals surface area contributed by atoms with Crippen molar-refractivity contribution < 1.29 is 28.2 Å². The van der Waals surface area contributed by atoms with Crippen LogP contribution in [0.5, 0.6) is 5.88 Å². The molecule has 0 unspecified atom stereocenters. The molecular formula is C20H19F2N5O4. The van der Waals surface area contributed by atoms with Gasteiger partial charge in [0, 0.05) is 31.1 Å². The Morgan fingerprint density at radius 3 is 2.71 bits per heavy atom. The molecule has 0 spiro atoms. The van der Waals surface area contributed by atoms with Crippen LogP contribution in [0.15, 0.2) is 55.1 Å². The SMILES string of the molecule is O=C(O)c1ccc(N2C[C@@H](Oc3ccc(-n4cccn4)cn3)C[C@H]2COC(F)F)nc1. The number of carbonyl (C=O) groups is 1. The second-order valence-corrected chi connectivity index (χ2v) is 6.89. The molecule has 4 heterocycles. The fraction of sp³-hybridized carbons (Fsp3) is 0.300. The molecule has 2 atom stereocenters. The summed E-state index contributed by atoms with van der Waals surface area (Å²) in [5, 5.41) is 13.2. The smallest absolute Gasteiger partial charge is 0.345 e. The first-order valence-corrected chi connectivity index (χ1v) is 9.48. The van der Waals surface area contributed by atoms with E-state index in [1.807, 2.05) is 6.07 Å². The van der Waals surface area contributed by atoms with E-state index < -0.39 is 18.6 Å². The van der Waals surface area contributed by atoms with Gasteiger partial charge in [-0.25, -0.2) is 19.4 Å². The van der Waals surface area contributed by atoms with E-state index in [9.17, 15) is 13.6 Å². The van der Waals surface area contributed by atoms with Crippen molar-refractivity contribution in [1.29, 1.82) is 0 Å². The van der Waals surface area contributed by atoms with Gasteiger partial charge in [-0.2, -0.15) is 13.9 Å². The Balaban J connectivity index is 1.46. The zero-order valence-electron chi connectivity index (χ0n) is 16.2. The average Bonchev–Trinajstić information content (AvgIpc) is 3.43. The highest BCUT2D eigenvalue weighted by atomic mass is 19.3. The van der Waals surface area contributed by atoms with Crippen LogP contribution < -0.4 is 9.64 Å². The highest BCUT2D eigenvalue weighted by molar-refractivity contribution is 5.87. The number of aromatic nitrogens is 4. The van der Waals surface area contributed by atoms with Crippen molar-refractivity contribution in [2.24, 2.45) is 0 Å². The van der Waals surface area contributed by atoms with E-state index in [0.29, 0.717) is 24.7 Å². The molecule has 3 aromatic heterocycles. The van der Waals surface area contributed by atoms with Gasteiger partial charge in [0.25, 0.3) is 0 Å². The molecule has 162 valence electrons. The standard InChI is InChI=1S/C20H19F2N5O4/c21-20(22)30-12-15-8-16(11-26(15)17-4-2-13(9-23-17)19(28)29)31-18-5-3-14(10-24-18)27-7-1-6-25-27/h1-7,9-10,15-16,20H,8,11-12H2,(H,28,29)/t15-,16-/m0/s1. The van der Waals surface area contributed by atoms with Crippen LogP contribution in [0, 0.1) is 0 Å². The number of alkyl halides is 2. The predicted molar refractivity (Wildman–Crippen MR) is 105 cm³/mol. The summed E-state index contributed by atoms with van der Waals surface area (Å²) in [4.78, 5) is 21.3. The first-order chi connectivity index (χ1) is 15.0. The Labute approximate surface area is 175 Å². The van der Waals surface area contributed by atoms with Crippen LogP contribution in [-0.4, -0.2) is 62.7 Å². The fourth-order valence-corrected chi connectivity index (χ4v) is 3.43. The molecule has 0 aliphatic carbocycles. The third-order valence-corrected chi connectivity index (χ3v) is 4.86. The molecule has 3 aromatic rings. The Bertz CT molecular complexity index is 999. The quantitative estimate of drug-likeness (QED) is 0.581. The van der Waals surface area contributed by atoms with Crippen LogP contribution >= 0.6 is 0 Å². The van der Waals surface area contributed by atoms with Crippen molar-refractivity contribution in [3.63, 3.8) is 0 Å². The third kappa shape index (κ3) is 4.94. The van der Waals surface area contributed by atoms with Crippen LogP contribution in [0.1, 0.15) is 16.8 Å². The van der Waals surface area contributed by atoms with Crippen molar-refractivity contribution >= 4 is 11.8 Å². The molecule has 1 saturated heterocycles. The minimum absolute atomic E-state index is 0.0394. The van der Waals surface area contributed by atoms with Crippen LogP contribution in [0.4, 0.5) is 14.6 Å². The van der Waals surface area contributed by atoms with Gasteiger partial charge in [-0.05, 0) is 24.3 Å². The van der Waals surface area contributed by atoms with E-state index in [4.69, 9.17) is 9.84 Å². The Kier molecular flexibility index (Phi) is 6.03. The Morgan fingerprint density at radius 1 is 1.23 bits per heavy atom. The van der Waals surface area contributed by atoms with Crippen LogP contribution in [0.2, 0.25) is 0 Å². The summed E-state index contributed by atoms with van der Waals surface area (Å²) in [7, 11) is 0. The first-order valence-electron chi connectivity index (χ1n) is 9.48. The summed E-state index contributed by atoms with van der Waals surface area (Å²) >= 11 is 0. The number of carboxylic acid groups (broad SMARTS) is 1. The van der Waals surface area contributed by atoms with Crippen molar-refractivity contribution in [3.8, 4) is 11.6 Å². The lowest BCUT2D eigenvalue weighted by Crippen LogP contribution is -2.34. The van der Waals surface area contributed by atoms with E-state index in [0.717, 1.165) is 5.69 Å². The van der Waals surface area contributed by atoms with Gasteiger partial charge >= 0.3 is 12.6 Å². The molecule has 0 bridgehead atoms. The van der Waals surface area contributed by atoms with E-state index in [2.05, 4.69) is 19.8 Å². The topological polar surface area (TPSA) is 103 Å². The molecule has 11 heteroatoms. The monoisotopic (exact) mass is 431 g/mol. The minimum atomic E-state index is -2.89. The summed E-state index contributed by atoms with van der Waals surface area (Å²) in [6.07, 6.45) is 6.39. The molecule has 0 aromatic carbocycles. The molecule has 1 aliphatic heterocycles. The molecule has 4 rings (SSSR count). The van der Waals surface area contributed by atoms with Crippen LogP contribution in [0.25, 0.3) is 5.69 Å². The molecule has 0 saturated carbocycles. The summed E-state index contributed by atoms with van der Waals surface area (Å²) in [6, 6.07) is 7.87. The third-order valence-electron chi connectivity index (χ3n) is 4.86. The lowest BCUT2D eigenvalue weighted by molar-refractivity contribution is -0.131. The van der Waals surface area contributed by atoms with Crippen molar-refractivity contribution in [2.75, 3.05) is 18.1 Å². The first kappa shape index (κ1) is 20.7. The maximum atomic E-state index is 12.6. The van der Waals surface area contributed by atoms with E-state index in [1.54, 1.807) is 46.4 Å². The second kappa shape index (κ2) is 9.04. The maximum absolute atomic E-state index is 12.6. The van der Waals surface area contributed by atoms with E-state index in [1.165, 1.54) is 12.3 Å². The molecule has 0 radical (unpaired) electrons. The number of rotatable bonds is 8. The zero-order chi connectivity index (χ0) is 21.8. The predicted octanol–water partition coefficient (Wildman–Crippen LogP) is 2.63. The fourth-order valence-electron chi connectivity index (χ4n) is 3.43. The highest BCUT2D eigenvalue weighted by Gasteiger charge is 2.35. The van der Waals surface area contributed by atoms with Gasteiger partial charge in [0.1, 0.15) is 11.9 Å². The van der Waals surface area contributed by atoms with Gasteiger partial charge in [-0.1, -0.05) is 0 Å². The number of halogens is 2. The summed E-state index contributed by atoms with van der Waals surface area (Å²) in [5.74, 6) is -0.240. The Hall–Kier alpha value is -3.60. The molecule has 1 fully saturated rings. The number of nitrogens with zero attached hydrogens (tertiary/aromatic N) is 5. The molecule has 0 amide bonds. The largest absolute Gasteiger partial charge is 0.478 e. The van der Waals surface area contributed by atoms with Gasteiger partial charge in [-0.15, -0.1) is 0 Å². The zero-order valence-corrected chi connectivity index (χ0v) is 16.2. The van der Waals surface area contributed by atoms with Crippen LogP contribution in [0.3, 0.4) is 0 Å². The lowest BCUT2D eigenvalue weighted by atomic mass is 10.2. The minimum Gasteiger partial charge on any atom is -0.478 e. The van der Waals surface area contributed by atoms with Gasteiger partial charge in [-0.3, -0.25) is 0 Å². The second-order valence-electron chi connectivity index (χ2n) is 6.89. The molecular weight excluding hydrogens is 412 g/mol. The number of hydrogen-bond acceptors (Lipinski definition) is 7. The molecule has 9 nitrogen and oxygen atoms in total. The molecule has 31 heavy (non-hydrogen) atoms. The number of ether oxygens (including phenoxy) is 2. The summed E-state index contributed by atoms with van der Waals surface area (Å²) < 4.78 is 37.3. The Morgan fingerprint density at radius 2 is 2.10 bits per heavy atom. The number of aromatic carboxylic acids is 1. The number of hydrogen-bond donors (Lipinski definition) is 1. The van der Waals surface area contributed by atoms with Crippen LogP contribution in [-0.2, 0) is 4.74 Å². The highest BCUT2D eigenvalue weighted by Crippen LogP contribution is 2.27. The van der Waals surface area contributed by atoms with Gasteiger partial charge in [0.2, 0.25) is 5.88 Å². The molecule has 1 aliphatic rings. The summed E-state index contributed by atoms with van der Waals surface area (Å²) in [6.45, 7) is -2.74. The van der Waals surface area contributed by atoms with Gasteiger partial charge in [0.05, 0.1) is 36.6 Å². The van der Waals surface area contributed by atoms with Crippen molar-refractivity contribution in [1.82, 2.24) is 19.7 Å². The molecule has 1 N–H and O–H groups in total.